The Morgan fingerprint density at radius 1 is 1.25 bits per heavy atom. The van der Waals surface area contributed by atoms with Crippen molar-refractivity contribution in [1.82, 2.24) is 14.9 Å². The van der Waals surface area contributed by atoms with Gasteiger partial charge in [-0.25, -0.2) is 4.98 Å². The molecule has 0 atom stereocenters. The van der Waals surface area contributed by atoms with Crippen molar-refractivity contribution in [3.63, 3.8) is 0 Å². The van der Waals surface area contributed by atoms with Crippen molar-refractivity contribution in [3.05, 3.63) is 28.3 Å². The van der Waals surface area contributed by atoms with Gasteiger partial charge in [-0.1, -0.05) is 13.8 Å². The van der Waals surface area contributed by atoms with Gasteiger partial charge in [0.1, 0.15) is 5.82 Å². The van der Waals surface area contributed by atoms with Crippen LogP contribution in [-0.4, -0.2) is 41.7 Å². The highest BCUT2D eigenvalue weighted by Crippen LogP contribution is 2.31. The fraction of sp³-hybridized carbons (Fsp3) is 0.556. The van der Waals surface area contributed by atoms with E-state index in [1.807, 2.05) is 0 Å². The Labute approximate surface area is 141 Å². The molecule has 6 nitrogen and oxygen atoms in total. The van der Waals surface area contributed by atoms with Crippen LogP contribution in [0, 0.1) is 5.92 Å². The van der Waals surface area contributed by atoms with E-state index in [1.165, 1.54) is 12.8 Å². The van der Waals surface area contributed by atoms with E-state index in [4.69, 9.17) is 9.47 Å². The SMILES string of the molecule is COc1cc2nc(CN(CC(C)C)C3CC3)[nH]c(=O)c2cc1OC. The summed E-state index contributed by atoms with van der Waals surface area (Å²) < 4.78 is 10.6. The summed E-state index contributed by atoms with van der Waals surface area (Å²) in [6.45, 7) is 6.10. The lowest BCUT2D eigenvalue weighted by Gasteiger charge is -2.23. The van der Waals surface area contributed by atoms with Crippen molar-refractivity contribution in [3.8, 4) is 11.5 Å². The van der Waals surface area contributed by atoms with E-state index in [-0.39, 0.29) is 5.56 Å². The van der Waals surface area contributed by atoms with Gasteiger partial charge in [0.15, 0.2) is 11.5 Å². The van der Waals surface area contributed by atoms with Gasteiger partial charge in [-0.15, -0.1) is 0 Å². The van der Waals surface area contributed by atoms with E-state index < -0.39 is 0 Å². The molecule has 0 spiro atoms. The van der Waals surface area contributed by atoms with Crippen LogP contribution in [0.4, 0.5) is 0 Å². The van der Waals surface area contributed by atoms with Crippen molar-refractivity contribution < 1.29 is 9.47 Å². The topological polar surface area (TPSA) is 67.5 Å². The highest BCUT2D eigenvalue weighted by Gasteiger charge is 2.29. The lowest BCUT2D eigenvalue weighted by atomic mass is 10.2. The number of fused-ring (bicyclic) bond motifs is 1. The van der Waals surface area contributed by atoms with Gasteiger partial charge >= 0.3 is 0 Å². The minimum Gasteiger partial charge on any atom is -0.493 e. The molecule has 2 aromatic rings. The Bertz CT molecular complexity index is 781. The van der Waals surface area contributed by atoms with Crippen molar-refractivity contribution in [1.29, 1.82) is 0 Å². The summed E-state index contributed by atoms with van der Waals surface area (Å²) in [5.41, 5.74) is 0.489. The summed E-state index contributed by atoms with van der Waals surface area (Å²) >= 11 is 0. The number of hydrogen-bond donors (Lipinski definition) is 1. The van der Waals surface area contributed by atoms with Crippen molar-refractivity contribution in [2.75, 3.05) is 20.8 Å². The van der Waals surface area contributed by atoms with E-state index in [1.54, 1.807) is 26.4 Å². The number of benzene rings is 1. The summed E-state index contributed by atoms with van der Waals surface area (Å²) in [6.07, 6.45) is 2.46. The summed E-state index contributed by atoms with van der Waals surface area (Å²) in [5, 5.41) is 0.512. The Balaban J connectivity index is 1.95. The quantitative estimate of drug-likeness (QED) is 0.844. The first kappa shape index (κ1) is 16.8. The number of nitrogens with zero attached hydrogens (tertiary/aromatic N) is 2. The number of rotatable bonds is 7. The molecule has 0 aliphatic heterocycles. The molecule has 0 radical (unpaired) electrons. The average molecular weight is 331 g/mol. The molecule has 0 bridgehead atoms. The van der Waals surface area contributed by atoms with Gasteiger partial charge in [0.05, 0.1) is 31.7 Å². The Kier molecular flexibility index (Phi) is 4.76. The molecular formula is C18H25N3O3. The van der Waals surface area contributed by atoms with Crippen LogP contribution in [0.25, 0.3) is 10.9 Å². The van der Waals surface area contributed by atoms with E-state index in [9.17, 15) is 4.79 Å². The van der Waals surface area contributed by atoms with E-state index in [2.05, 4.69) is 28.7 Å². The van der Waals surface area contributed by atoms with Crippen molar-refractivity contribution in [2.45, 2.75) is 39.3 Å². The average Bonchev–Trinajstić information content (AvgIpc) is 3.37. The normalized spacial score (nSPS) is 14.6. The fourth-order valence-corrected chi connectivity index (χ4v) is 3.03. The highest BCUT2D eigenvalue weighted by atomic mass is 16.5. The number of aromatic nitrogens is 2. The third-order valence-electron chi connectivity index (χ3n) is 4.28. The van der Waals surface area contributed by atoms with Crippen LogP contribution in [0.15, 0.2) is 16.9 Å². The first-order chi connectivity index (χ1) is 11.5. The maximum absolute atomic E-state index is 12.4. The fourth-order valence-electron chi connectivity index (χ4n) is 3.03. The van der Waals surface area contributed by atoms with Crippen LogP contribution in [0.2, 0.25) is 0 Å². The minimum atomic E-state index is -0.142. The van der Waals surface area contributed by atoms with Crippen LogP contribution in [0.5, 0.6) is 11.5 Å². The predicted molar refractivity (Wildman–Crippen MR) is 93.7 cm³/mol. The standard InChI is InChI=1S/C18H25N3O3/c1-11(2)9-21(12-5-6-12)10-17-19-14-8-16(24-4)15(23-3)7-13(14)18(22)20-17/h7-8,11-12H,5-6,9-10H2,1-4H3,(H,19,20,22). The van der Waals surface area contributed by atoms with E-state index in [0.717, 1.165) is 6.54 Å². The van der Waals surface area contributed by atoms with Gasteiger partial charge in [0, 0.05) is 18.7 Å². The second kappa shape index (κ2) is 6.81. The maximum Gasteiger partial charge on any atom is 0.258 e. The molecule has 0 saturated heterocycles. The minimum absolute atomic E-state index is 0.142. The molecule has 6 heteroatoms. The monoisotopic (exact) mass is 331 g/mol. The third-order valence-corrected chi connectivity index (χ3v) is 4.28. The zero-order valence-electron chi connectivity index (χ0n) is 14.8. The number of methoxy groups -OCH3 is 2. The van der Waals surface area contributed by atoms with Crippen molar-refractivity contribution >= 4 is 10.9 Å². The molecule has 1 aliphatic carbocycles. The van der Waals surface area contributed by atoms with Gasteiger partial charge in [-0.05, 0) is 24.8 Å². The van der Waals surface area contributed by atoms with E-state index in [0.29, 0.717) is 46.7 Å². The predicted octanol–water partition coefficient (Wildman–Crippen LogP) is 2.56. The molecule has 1 aliphatic rings. The lowest BCUT2D eigenvalue weighted by Crippen LogP contribution is -2.31. The smallest absolute Gasteiger partial charge is 0.258 e. The molecule has 1 N–H and O–H groups in total. The van der Waals surface area contributed by atoms with Gasteiger partial charge in [-0.3, -0.25) is 9.69 Å². The van der Waals surface area contributed by atoms with Gasteiger partial charge in [0.2, 0.25) is 0 Å². The zero-order chi connectivity index (χ0) is 17.3. The van der Waals surface area contributed by atoms with Crippen LogP contribution in [-0.2, 0) is 6.54 Å². The van der Waals surface area contributed by atoms with Gasteiger partial charge in [0.25, 0.3) is 5.56 Å². The van der Waals surface area contributed by atoms with Crippen LogP contribution in [0.1, 0.15) is 32.5 Å². The second-order valence-corrected chi connectivity index (χ2v) is 6.79. The summed E-state index contributed by atoms with van der Waals surface area (Å²) in [4.78, 5) is 22.4. The molecule has 1 fully saturated rings. The molecule has 3 rings (SSSR count). The molecule has 0 unspecified atom stereocenters. The molecule has 130 valence electrons. The largest absolute Gasteiger partial charge is 0.493 e. The molecular weight excluding hydrogens is 306 g/mol. The number of ether oxygens (including phenoxy) is 2. The molecule has 1 heterocycles. The third kappa shape index (κ3) is 3.53. The number of hydrogen-bond acceptors (Lipinski definition) is 5. The number of nitrogens with one attached hydrogen (secondary N) is 1. The molecule has 0 amide bonds. The second-order valence-electron chi connectivity index (χ2n) is 6.79. The Morgan fingerprint density at radius 3 is 2.50 bits per heavy atom. The molecule has 1 aromatic carbocycles. The van der Waals surface area contributed by atoms with Crippen LogP contribution in [0.3, 0.4) is 0 Å². The first-order valence-electron chi connectivity index (χ1n) is 8.40. The molecule has 1 aromatic heterocycles. The number of H-pyrrole nitrogens is 1. The van der Waals surface area contributed by atoms with E-state index >= 15 is 0 Å². The maximum atomic E-state index is 12.4. The Morgan fingerprint density at radius 2 is 1.92 bits per heavy atom. The van der Waals surface area contributed by atoms with Crippen LogP contribution < -0.4 is 15.0 Å². The molecule has 1 saturated carbocycles. The summed E-state index contributed by atoms with van der Waals surface area (Å²) in [7, 11) is 3.13. The van der Waals surface area contributed by atoms with Gasteiger partial charge < -0.3 is 14.5 Å². The summed E-state index contributed by atoms with van der Waals surface area (Å²) in [6, 6.07) is 4.06. The summed E-state index contributed by atoms with van der Waals surface area (Å²) in [5.74, 6) is 2.40. The van der Waals surface area contributed by atoms with Crippen LogP contribution >= 0.6 is 0 Å². The highest BCUT2D eigenvalue weighted by molar-refractivity contribution is 5.81. The Hall–Kier alpha value is -2.08. The number of aromatic amines is 1. The zero-order valence-corrected chi connectivity index (χ0v) is 14.8. The van der Waals surface area contributed by atoms with Gasteiger partial charge in [-0.2, -0.15) is 0 Å². The first-order valence-corrected chi connectivity index (χ1v) is 8.40. The molecule has 24 heavy (non-hydrogen) atoms. The lowest BCUT2D eigenvalue weighted by molar-refractivity contribution is 0.221. The van der Waals surface area contributed by atoms with Crippen molar-refractivity contribution in [2.24, 2.45) is 5.92 Å².